The van der Waals surface area contributed by atoms with Gasteiger partial charge < -0.3 is 14.7 Å². The molecule has 1 unspecified atom stereocenters. The van der Waals surface area contributed by atoms with Gasteiger partial charge in [-0.1, -0.05) is 19.1 Å². The summed E-state index contributed by atoms with van der Waals surface area (Å²) in [5, 5.41) is 9.01. The molecule has 0 aromatic heterocycles. The van der Waals surface area contributed by atoms with Crippen molar-refractivity contribution >= 4 is 11.9 Å². The lowest BCUT2D eigenvalue weighted by Crippen LogP contribution is -2.29. The first-order valence-electron chi connectivity index (χ1n) is 6.31. The van der Waals surface area contributed by atoms with Gasteiger partial charge in [-0.3, -0.25) is 4.79 Å². The normalized spacial score (nSPS) is 18.7. The topological polar surface area (TPSA) is 66.8 Å². The molecule has 1 saturated heterocycles. The van der Waals surface area contributed by atoms with Crippen LogP contribution in [0.25, 0.3) is 0 Å². The minimum absolute atomic E-state index is 0.141. The fraction of sp³-hybridized carbons (Fsp3) is 0.429. The van der Waals surface area contributed by atoms with Crippen molar-refractivity contribution in [2.75, 3.05) is 19.7 Å². The van der Waals surface area contributed by atoms with Crippen LogP contribution in [0.2, 0.25) is 0 Å². The lowest BCUT2D eigenvalue weighted by Gasteiger charge is -2.16. The summed E-state index contributed by atoms with van der Waals surface area (Å²) in [7, 11) is 0. The summed E-state index contributed by atoms with van der Waals surface area (Å²) in [5.74, 6) is -0.141. The summed E-state index contributed by atoms with van der Waals surface area (Å²) in [6, 6.07) is 6.51. The fourth-order valence-electron chi connectivity index (χ4n) is 2.22. The van der Waals surface area contributed by atoms with Crippen LogP contribution in [0.5, 0.6) is 5.75 Å². The van der Waals surface area contributed by atoms with Crippen molar-refractivity contribution < 1.29 is 19.4 Å². The Morgan fingerprint density at radius 3 is 2.84 bits per heavy atom. The van der Waals surface area contributed by atoms with Crippen LogP contribution in [-0.2, 0) is 4.79 Å². The molecule has 1 aromatic carbocycles. The molecule has 0 bridgehead atoms. The van der Waals surface area contributed by atoms with E-state index >= 15 is 0 Å². The highest BCUT2D eigenvalue weighted by Gasteiger charge is 2.25. The highest BCUT2D eigenvalue weighted by Crippen LogP contribution is 2.19. The highest BCUT2D eigenvalue weighted by atomic mass is 16.5. The molecule has 5 nitrogen and oxygen atoms in total. The highest BCUT2D eigenvalue weighted by molar-refractivity contribution is 5.90. The molecule has 1 aliphatic rings. The predicted octanol–water partition coefficient (Wildman–Crippen LogP) is 1.63. The molecular weight excluding hydrogens is 246 g/mol. The monoisotopic (exact) mass is 263 g/mol. The van der Waals surface area contributed by atoms with Gasteiger partial charge in [-0.25, -0.2) is 4.79 Å². The Bertz CT molecular complexity index is 486. The van der Waals surface area contributed by atoms with Gasteiger partial charge in [-0.15, -0.1) is 0 Å². The van der Waals surface area contributed by atoms with Crippen molar-refractivity contribution in [1.29, 1.82) is 0 Å². The third-order valence-corrected chi connectivity index (χ3v) is 3.14. The third-order valence-electron chi connectivity index (χ3n) is 3.14. The molecule has 5 heteroatoms. The quantitative estimate of drug-likeness (QED) is 0.876. The van der Waals surface area contributed by atoms with Crippen molar-refractivity contribution in [3.05, 3.63) is 29.8 Å². The van der Waals surface area contributed by atoms with Gasteiger partial charge in [-0.2, -0.15) is 0 Å². The van der Waals surface area contributed by atoms with Gasteiger partial charge in [0.2, 0.25) is 5.91 Å². The number of hydrogen-bond acceptors (Lipinski definition) is 3. The van der Waals surface area contributed by atoms with Crippen LogP contribution in [0.15, 0.2) is 24.3 Å². The summed E-state index contributed by atoms with van der Waals surface area (Å²) in [6.07, 6.45) is 0.589. The number of carbonyl (C=O) groups is 2. The first-order chi connectivity index (χ1) is 9.08. The van der Waals surface area contributed by atoms with Crippen LogP contribution in [0, 0.1) is 5.92 Å². The molecule has 1 N–H and O–H groups in total. The van der Waals surface area contributed by atoms with Crippen molar-refractivity contribution in [3.63, 3.8) is 0 Å². The van der Waals surface area contributed by atoms with E-state index in [2.05, 4.69) is 0 Å². The first-order valence-corrected chi connectivity index (χ1v) is 6.31. The number of nitrogens with zero attached hydrogens (tertiary/aromatic N) is 1. The minimum atomic E-state index is -1.01. The van der Waals surface area contributed by atoms with Crippen LogP contribution < -0.4 is 4.74 Å². The number of ether oxygens (including phenoxy) is 1. The standard InChI is InChI=1S/C14H17NO4/c1-10-8-13(16)15(9-10)6-7-19-12-5-3-2-4-11(12)14(17)18/h2-5,10H,6-9H2,1H3,(H,17,18). The number of amides is 1. The smallest absolute Gasteiger partial charge is 0.339 e. The maximum absolute atomic E-state index is 11.6. The van der Waals surface area contributed by atoms with E-state index < -0.39 is 5.97 Å². The van der Waals surface area contributed by atoms with Crippen LogP contribution in [0.4, 0.5) is 0 Å². The maximum atomic E-state index is 11.6. The van der Waals surface area contributed by atoms with Crippen molar-refractivity contribution in [1.82, 2.24) is 4.90 Å². The molecule has 0 aliphatic carbocycles. The van der Waals surface area contributed by atoms with E-state index in [9.17, 15) is 9.59 Å². The fourth-order valence-corrected chi connectivity index (χ4v) is 2.22. The zero-order valence-corrected chi connectivity index (χ0v) is 10.8. The molecule has 0 spiro atoms. The van der Waals surface area contributed by atoms with Crippen molar-refractivity contribution in [3.8, 4) is 5.75 Å². The maximum Gasteiger partial charge on any atom is 0.339 e. The van der Waals surface area contributed by atoms with E-state index in [0.29, 0.717) is 31.2 Å². The number of carboxylic acid groups (broad SMARTS) is 1. The summed E-state index contributed by atoms with van der Waals surface area (Å²) >= 11 is 0. The van der Waals surface area contributed by atoms with E-state index in [0.717, 1.165) is 6.54 Å². The summed E-state index contributed by atoms with van der Waals surface area (Å²) < 4.78 is 5.47. The molecule has 1 fully saturated rings. The number of hydrogen-bond donors (Lipinski definition) is 1. The number of carbonyl (C=O) groups excluding carboxylic acids is 1. The van der Waals surface area contributed by atoms with Gasteiger partial charge >= 0.3 is 5.97 Å². The van der Waals surface area contributed by atoms with Crippen LogP contribution >= 0.6 is 0 Å². The Morgan fingerprint density at radius 1 is 1.47 bits per heavy atom. The van der Waals surface area contributed by atoms with E-state index in [1.807, 2.05) is 6.92 Å². The number of para-hydroxylation sites is 1. The summed E-state index contributed by atoms with van der Waals surface area (Å²) in [4.78, 5) is 24.3. The van der Waals surface area contributed by atoms with E-state index in [4.69, 9.17) is 9.84 Å². The van der Waals surface area contributed by atoms with E-state index in [1.165, 1.54) is 6.07 Å². The molecular formula is C14H17NO4. The molecule has 19 heavy (non-hydrogen) atoms. The minimum Gasteiger partial charge on any atom is -0.491 e. The number of aromatic carboxylic acids is 1. The van der Waals surface area contributed by atoms with Crippen LogP contribution in [-0.4, -0.2) is 41.6 Å². The largest absolute Gasteiger partial charge is 0.491 e. The molecule has 1 aliphatic heterocycles. The number of benzene rings is 1. The van der Waals surface area contributed by atoms with E-state index in [-0.39, 0.29) is 11.5 Å². The Labute approximate surface area is 111 Å². The van der Waals surface area contributed by atoms with Crippen LogP contribution in [0.1, 0.15) is 23.7 Å². The Hall–Kier alpha value is -2.04. The Balaban J connectivity index is 1.89. The number of rotatable bonds is 5. The van der Waals surface area contributed by atoms with Crippen LogP contribution in [0.3, 0.4) is 0 Å². The zero-order chi connectivity index (χ0) is 13.8. The summed E-state index contributed by atoms with van der Waals surface area (Å²) in [5.41, 5.74) is 0.142. The SMILES string of the molecule is CC1CC(=O)N(CCOc2ccccc2C(=O)O)C1. The van der Waals surface area contributed by atoms with E-state index in [1.54, 1.807) is 23.1 Å². The molecule has 1 amide bonds. The first kappa shape index (κ1) is 13.4. The summed E-state index contributed by atoms with van der Waals surface area (Å²) in [6.45, 7) is 3.60. The molecule has 0 saturated carbocycles. The average molecular weight is 263 g/mol. The zero-order valence-electron chi connectivity index (χ0n) is 10.8. The van der Waals surface area contributed by atoms with Gasteiger partial charge in [-0.05, 0) is 18.1 Å². The van der Waals surface area contributed by atoms with Crippen molar-refractivity contribution in [2.24, 2.45) is 5.92 Å². The van der Waals surface area contributed by atoms with Gasteiger partial charge in [0.25, 0.3) is 0 Å². The number of likely N-dealkylation sites (tertiary alicyclic amines) is 1. The Morgan fingerprint density at radius 2 is 2.21 bits per heavy atom. The third kappa shape index (κ3) is 3.24. The average Bonchev–Trinajstić information content (AvgIpc) is 2.68. The number of carboxylic acids is 1. The van der Waals surface area contributed by atoms with Crippen molar-refractivity contribution in [2.45, 2.75) is 13.3 Å². The van der Waals surface area contributed by atoms with Gasteiger partial charge in [0.1, 0.15) is 17.9 Å². The second kappa shape index (κ2) is 5.73. The molecule has 1 aromatic rings. The molecule has 2 rings (SSSR count). The van der Waals surface area contributed by atoms with Gasteiger partial charge in [0.05, 0.1) is 6.54 Å². The molecule has 102 valence electrons. The molecule has 0 radical (unpaired) electrons. The predicted molar refractivity (Wildman–Crippen MR) is 69.3 cm³/mol. The van der Waals surface area contributed by atoms with Gasteiger partial charge in [0, 0.05) is 13.0 Å². The molecule has 1 atom stereocenters. The van der Waals surface area contributed by atoms with Gasteiger partial charge in [0.15, 0.2) is 0 Å². The second-order valence-electron chi connectivity index (χ2n) is 4.80. The Kier molecular flexibility index (Phi) is 4.04. The molecule has 1 heterocycles. The lowest BCUT2D eigenvalue weighted by molar-refractivity contribution is -0.128. The lowest BCUT2D eigenvalue weighted by atomic mass is 10.2. The second-order valence-corrected chi connectivity index (χ2v) is 4.80.